The minimum atomic E-state index is 1.05. The van der Waals surface area contributed by atoms with Crippen molar-refractivity contribution in [2.75, 3.05) is 57.4 Å². The lowest BCUT2D eigenvalue weighted by Gasteiger charge is -2.37. The summed E-state index contributed by atoms with van der Waals surface area (Å²) in [5, 5.41) is 1.06. The summed E-state index contributed by atoms with van der Waals surface area (Å²) in [6.07, 6.45) is 0. The molecule has 1 rings (SSSR count). The highest BCUT2D eigenvalue weighted by molar-refractivity contribution is 9.12. The molecular formula is C21H42N4S5. The Labute approximate surface area is 206 Å². The van der Waals surface area contributed by atoms with Gasteiger partial charge in [0, 0.05) is 57.4 Å². The maximum atomic E-state index is 2.52. The first-order chi connectivity index (χ1) is 14.6. The summed E-state index contributed by atoms with van der Waals surface area (Å²) < 4.78 is 2.91. The van der Waals surface area contributed by atoms with Crippen LogP contribution in [0.4, 0.5) is 0 Å². The Bertz CT molecular complexity index is 452. The summed E-state index contributed by atoms with van der Waals surface area (Å²) in [6, 6.07) is 0. The van der Waals surface area contributed by atoms with Gasteiger partial charge < -0.3 is 19.6 Å². The van der Waals surface area contributed by atoms with Crippen LogP contribution in [0.1, 0.15) is 55.4 Å². The van der Waals surface area contributed by atoms with E-state index >= 15 is 0 Å². The van der Waals surface area contributed by atoms with Gasteiger partial charge in [0.2, 0.25) is 0 Å². The minimum Gasteiger partial charge on any atom is -0.357 e. The van der Waals surface area contributed by atoms with Crippen LogP contribution >= 0.6 is 54.9 Å². The fourth-order valence-electron chi connectivity index (χ4n) is 3.48. The fourth-order valence-corrected chi connectivity index (χ4v) is 12.1. The highest BCUT2D eigenvalue weighted by Gasteiger charge is 2.25. The molecule has 0 N–H and O–H groups in total. The summed E-state index contributed by atoms with van der Waals surface area (Å²) in [4.78, 5) is 10.1. The van der Waals surface area contributed by atoms with Gasteiger partial charge in [-0.1, -0.05) is 0 Å². The lowest BCUT2D eigenvalue weighted by molar-refractivity contribution is 0.235. The molecule has 0 unspecified atom stereocenters. The molecule has 0 saturated carbocycles. The molecule has 1 fully saturated rings. The van der Waals surface area contributed by atoms with E-state index in [9.17, 15) is 0 Å². The van der Waals surface area contributed by atoms with Gasteiger partial charge in [0.1, 0.15) is 11.6 Å². The van der Waals surface area contributed by atoms with Gasteiger partial charge in [-0.25, -0.2) is 0 Å². The Hall–Kier alpha value is 0.430. The van der Waals surface area contributed by atoms with E-state index in [4.69, 9.17) is 0 Å². The molecule has 1 saturated heterocycles. The Morgan fingerprint density at radius 2 is 0.800 bits per heavy atom. The summed E-state index contributed by atoms with van der Waals surface area (Å²) in [6.45, 7) is 26.6. The zero-order valence-corrected chi connectivity index (χ0v) is 24.3. The Balaban J connectivity index is 3.23. The molecule has 0 bridgehead atoms. The predicted octanol–water partition coefficient (Wildman–Crippen LogP) is 7.07. The van der Waals surface area contributed by atoms with Gasteiger partial charge in [-0.15, -0.1) is 23.5 Å². The normalized spacial score (nSPS) is 14.8. The van der Waals surface area contributed by atoms with Gasteiger partial charge in [0.05, 0.1) is 8.47 Å². The molecule has 0 aromatic carbocycles. The van der Waals surface area contributed by atoms with E-state index in [0.717, 1.165) is 57.4 Å². The van der Waals surface area contributed by atoms with Gasteiger partial charge in [0.25, 0.3) is 0 Å². The van der Waals surface area contributed by atoms with Gasteiger partial charge in [0.15, 0.2) is 0 Å². The standard InChI is InChI=1S/C21H42N4S5/c1-9-22(10-2)18(23(11-3)12-4)20-26-17-27-21(29-30-28-20)19(24(13-5)14-6)25(15-7)16-8/h9-17H2,1-8H3. The quantitative estimate of drug-likeness (QED) is 0.253. The first-order valence-corrected chi connectivity index (χ1v) is 16.8. The molecule has 0 spiro atoms. The number of hydrogen-bond acceptors (Lipinski definition) is 9. The molecule has 30 heavy (non-hydrogen) atoms. The summed E-state index contributed by atoms with van der Waals surface area (Å²) in [5.41, 5.74) is 0. The van der Waals surface area contributed by atoms with Crippen molar-refractivity contribution in [3.05, 3.63) is 20.1 Å². The summed E-state index contributed by atoms with van der Waals surface area (Å²) >= 11 is 4.03. The maximum Gasteiger partial charge on any atom is 0.125 e. The van der Waals surface area contributed by atoms with Crippen molar-refractivity contribution >= 4 is 54.9 Å². The molecule has 0 aromatic rings. The van der Waals surface area contributed by atoms with Crippen LogP contribution in [0.3, 0.4) is 0 Å². The van der Waals surface area contributed by atoms with Gasteiger partial charge in [-0.3, -0.25) is 0 Å². The van der Waals surface area contributed by atoms with Crippen LogP contribution in [0, 0.1) is 0 Å². The molecule has 0 amide bonds. The van der Waals surface area contributed by atoms with Gasteiger partial charge >= 0.3 is 0 Å². The summed E-state index contributed by atoms with van der Waals surface area (Å²) in [5.74, 6) is 2.85. The van der Waals surface area contributed by atoms with Crippen molar-refractivity contribution in [1.82, 2.24) is 19.6 Å². The lowest BCUT2D eigenvalue weighted by atomic mass is 10.4. The van der Waals surface area contributed by atoms with Crippen molar-refractivity contribution in [2.24, 2.45) is 0 Å². The molecule has 1 heterocycles. The third-order valence-electron chi connectivity index (χ3n) is 5.22. The van der Waals surface area contributed by atoms with E-state index in [1.807, 2.05) is 54.9 Å². The second-order valence-corrected chi connectivity index (χ2v) is 13.3. The van der Waals surface area contributed by atoms with Crippen LogP contribution in [-0.4, -0.2) is 77.0 Å². The Kier molecular flexibility index (Phi) is 15.3. The maximum absolute atomic E-state index is 2.52. The van der Waals surface area contributed by atoms with Crippen molar-refractivity contribution in [3.8, 4) is 0 Å². The van der Waals surface area contributed by atoms with Crippen LogP contribution in [-0.2, 0) is 0 Å². The fraction of sp³-hybridized carbons (Fsp3) is 0.810. The Morgan fingerprint density at radius 3 is 1.03 bits per heavy atom. The van der Waals surface area contributed by atoms with E-state index in [1.165, 1.54) is 20.1 Å². The molecule has 0 aromatic heterocycles. The van der Waals surface area contributed by atoms with E-state index < -0.39 is 0 Å². The second-order valence-electron chi connectivity index (χ2n) is 6.55. The zero-order valence-electron chi connectivity index (χ0n) is 20.2. The van der Waals surface area contributed by atoms with Crippen molar-refractivity contribution in [1.29, 1.82) is 0 Å². The molecule has 0 atom stereocenters. The number of nitrogens with zero attached hydrogens (tertiary/aromatic N) is 4. The van der Waals surface area contributed by atoms with Gasteiger partial charge in [-0.2, -0.15) is 0 Å². The highest BCUT2D eigenvalue weighted by Crippen LogP contribution is 2.56. The van der Waals surface area contributed by atoms with Crippen LogP contribution in [0.25, 0.3) is 0 Å². The highest BCUT2D eigenvalue weighted by atomic mass is 33.5. The van der Waals surface area contributed by atoms with Crippen molar-refractivity contribution in [2.45, 2.75) is 55.4 Å². The van der Waals surface area contributed by atoms with Crippen molar-refractivity contribution < 1.29 is 0 Å². The van der Waals surface area contributed by atoms with Crippen LogP contribution in [0.2, 0.25) is 0 Å². The first-order valence-electron chi connectivity index (χ1n) is 11.3. The van der Waals surface area contributed by atoms with Crippen LogP contribution < -0.4 is 0 Å². The number of hydrogen-bond donors (Lipinski definition) is 0. The lowest BCUT2D eigenvalue weighted by Crippen LogP contribution is -2.36. The van der Waals surface area contributed by atoms with E-state index in [2.05, 4.69) is 75.0 Å². The molecule has 0 aliphatic carbocycles. The monoisotopic (exact) mass is 510 g/mol. The molecule has 1 aliphatic rings. The van der Waals surface area contributed by atoms with E-state index in [0.29, 0.717) is 0 Å². The van der Waals surface area contributed by atoms with E-state index in [1.54, 1.807) is 0 Å². The number of thioether (sulfide) groups is 2. The molecule has 4 nitrogen and oxygen atoms in total. The zero-order chi connectivity index (χ0) is 22.5. The third-order valence-corrected chi connectivity index (χ3v) is 12.3. The first kappa shape index (κ1) is 28.5. The van der Waals surface area contributed by atoms with Crippen LogP contribution in [0.5, 0.6) is 0 Å². The van der Waals surface area contributed by atoms with Crippen molar-refractivity contribution in [3.63, 3.8) is 0 Å². The molecule has 176 valence electrons. The Morgan fingerprint density at radius 1 is 0.533 bits per heavy atom. The SMILES string of the molecule is CCN(CC)C(=C1SCSC(=C(N(CC)CC)N(CC)CC)SSS1)N(CC)CC. The number of rotatable bonds is 12. The van der Waals surface area contributed by atoms with Crippen LogP contribution in [0.15, 0.2) is 20.1 Å². The molecule has 1 aliphatic heterocycles. The molecule has 0 radical (unpaired) electrons. The van der Waals surface area contributed by atoms with E-state index in [-0.39, 0.29) is 0 Å². The van der Waals surface area contributed by atoms with Gasteiger partial charge in [-0.05, 0) is 86.8 Å². The average Bonchev–Trinajstić information content (AvgIpc) is 2.75. The summed E-state index contributed by atoms with van der Waals surface area (Å²) in [7, 11) is 5.83. The predicted molar refractivity (Wildman–Crippen MR) is 149 cm³/mol. The molecular weight excluding hydrogens is 469 g/mol. The topological polar surface area (TPSA) is 13.0 Å². The smallest absolute Gasteiger partial charge is 0.125 e. The third kappa shape index (κ3) is 7.78. The molecule has 9 heteroatoms. The second kappa shape index (κ2) is 16.1. The average molecular weight is 511 g/mol. The minimum absolute atomic E-state index is 1.05. The largest absolute Gasteiger partial charge is 0.357 e.